The molecule has 2 aromatic rings. The van der Waals surface area contributed by atoms with Crippen LogP contribution in [0, 0.1) is 0 Å². The molecule has 0 fully saturated rings. The summed E-state index contributed by atoms with van der Waals surface area (Å²) in [5, 5.41) is 8.63. The smallest absolute Gasteiger partial charge is 0.0638 e. The molecule has 0 aliphatic carbocycles. The molecule has 0 spiro atoms. The molecule has 2 rings (SSSR count). The standard InChI is InChI=1S/C11H11Cl2N3/c1-16-9(4-5-15-16)7-14-11-6-8(12)2-3-10(11)13/h2-6,14H,7H2,1H3. The van der Waals surface area contributed by atoms with E-state index in [0.29, 0.717) is 16.6 Å². The Labute approximate surface area is 104 Å². The quantitative estimate of drug-likeness (QED) is 0.912. The van der Waals surface area contributed by atoms with Crippen LogP contribution in [0.4, 0.5) is 5.69 Å². The zero-order valence-electron chi connectivity index (χ0n) is 8.74. The van der Waals surface area contributed by atoms with Crippen LogP contribution < -0.4 is 5.32 Å². The van der Waals surface area contributed by atoms with E-state index in [4.69, 9.17) is 23.2 Å². The van der Waals surface area contributed by atoms with Gasteiger partial charge < -0.3 is 5.32 Å². The summed E-state index contributed by atoms with van der Waals surface area (Å²) in [6, 6.07) is 7.29. The van der Waals surface area contributed by atoms with Gasteiger partial charge in [0.2, 0.25) is 0 Å². The fourth-order valence-corrected chi connectivity index (χ4v) is 1.75. The summed E-state index contributed by atoms with van der Waals surface area (Å²) in [4.78, 5) is 0. The summed E-state index contributed by atoms with van der Waals surface area (Å²) in [7, 11) is 1.90. The molecule has 1 heterocycles. The number of nitrogens with zero attached hydrogens (tertiary/aromatic N) is 2. The zero-order chi connectivity index (χ0) is 11.5. The van der Waals surface area contributed by atoms with E-state index in [1.54, 1.807) is 24.4 Å². The molecule has 0 unspecified atom stereocenters. The van der Waals surface area contributed by atoms with Crippen LogP contribution in [-0.2, 0) is 13.6 Å². The van der Waals surface area contributed by atoms with Gasteiger partial charge >= 0.3 is 0 Å². The minimum atomic E-state index is 0.659. The first-order chi connectivity index (χ1) is 7.66. The second-order valence-electron chi connectivity index (χ2n) is 3.42. The first-order valence-corrected chi connectivity index (χ1v) is 5.58. The van der Waals surface area contributed by atoms with E-state index < -0.39 is 0 Å². The van der Waals surface area contributed by atoms with Gasteiger partial charge in [-0.3, -0.25) is 4.68 Å². The van der Waals surface area contributed by atoms with Gasteiger partial charge in [0.15, 0.2) is 0 Å². The SMILES string of the molecule is Cn1nccc1CNc1cc(Cl)ccc1Cl. The van der Waals surface area contributed by atoms with Crippen molar-refractivity contribution < 1.29 is 0 Å². The molecular weight excluding hydrogens is 245 g/mol. The molecule has 0 saturated heterocycles. The van der Waals surface area contributed by atoms with Crippen molar-refractivity contribution in [2.45, 2.75) is 6.54 Å². The zero-order valence-corrected chi connectivity index (χ0v) is 10.3. The van der Waals surface area contributed by atoms with Gasteiger partial charge in [-0.15, -0.1) is 0 Å². The van der Waals surface area contributed by atoms with Gasteiger partial charge in [0.05, 0.1) is 22.9 Å². The van der Waals surface area contributed by atoms with E-state index in [1.165, 1.54) is 0 Å². The number of rotatable bonds is 3. The lowest BCUT2D eigenvalue weighted by Crippen LogP contribution is -2.05. The number of aryl methyl sites for hydroxylation is 1. The van der Waals surface area contributed by atoms with Crippen LogP contribution in [0.25, 0.3) is 0 Å². The van der Waals surface area contributed by atoms with E-state index >= 15 is 0 Å². The summed E-state index contributed by atoms with van der Waals surface area (Å²) in [6.07, 6.45) is 1.76. The minimum absolute atomic E-state index is 0.659. The van der Waals surface area contributed by atoms with Crippen LogP contribution in [0.5, 0.6) is 0 Å². The van der Waals surface area contributed by atoms with Gasteiger partial charge in [-0.2, -0.15) is 5.10 Å². The first kappa shape index (κ1) is 11.3. The Balaban J connectivity index is 2.10. The Bertz CT molecular complexity index is 494. The van der Waals surface area contributed by atoms with Gasteiger partial charge in [-0.1, -0.05) is 23.2 Å². The van der Waals surface area contributed by atoms with Crippen LogP contribution in [0.15, 0.2) is 30.5 Å². The van der Waals surface area contributed by atoms with Crippen molar-refractivity contribution in [3.05, 3.63) is 46.2 Å². The molecule has 5 heteroatoms. The van der Waals surface area contributed by atoms with Crippen molar-refractivity contribution in [1.29, 1.82) is 0 Å². The molecule has 0 atom stereocenters. The van der Waals surface area contributed by atoms with Gasteiger partial charge in [-0.05, 0) is 24.3 Å². The van der Waals surface area contributed by atoms with Gasteiger partial charge in [0.25, 0.3) is 0 Å². The molecule has 0 radical (unpaired) electrons. The molecule has 1 aromatic heterocycles. The second kappa shape index (κ2) is 4.76. The van der Waals surface area contributed by atoms with E-state index in [1.807, 2.05) is 17.8 Å². The fraction of sp³-hybridized carbons (Fsp3) is 0.182. The predicted molar refractivity (Wildman–Crippen MR) is 67.0 cm³/mol. The molecule has 1 N–H and O–H groups in total. The van der Waals surface area contributed by atoms with Crippen molar-refractivity contribution >= 4 is 28.9 Å². The summed E-state index contributed by atoms with van der Waals surface area (Å²) >= 11 is 11.9. The highest BCUT2D eigenvalue weighted by Gasteiger charge is 2.02. The van der Waals surface area contributed by atoms with Gasteiger partial charge in [0, 0.05) is 18.3 Å². The van der Waals surface area contributed by atoms with Crippen LogP contribution in [0.2, 0.25) is 10.0 Å². The highest BCUT2D eigenvalue weighted by molar-refractivity contribution is 6.35. The van der Waals surface area contributed by atoms with Crippen molar-refractivity contribution in [3.63, 3.8) is 0 Å². The maximum atomic E-state index is 6.03. The molecule has 0 saturated carbocycles. The lowest BCUT2D eigenvalue weighted by molar-refractivity contribution is 0.720. The highest BCUT2D eigenvalue weighted by Crippen LogP contribution is 2.25. The number of anilines is 1. The Morgan fingerprint density at radius 2 is 2.12 bits per heavy atom. The maximum Gasteiger partial charge on any atom is 0.0638 e. The first-order valence-electron chi connectivity index (χ1n) is 4.82. The molecule has 1 aromatic carbocycles. The largest absolute Gasteiger partial charge is 0.378 e. The van der Waals surface area contributed by atoms with E-state index in [2.05, 4.69) is 10.4 Å². The molecular formula is C11H11Cl2N3. The number of benzene rings is 1. The summed E-state index contributed by atoms with van der Waals surface area (Å²) < 4.78 is 1.81. The summed E-state index contributed by atoms with van der Waals surface area (Å²) in [6.45, 7) is 0.663. The molecule has 0 aliphatic heterocycles. The average molecular weight is 256 g/mol. The molecule has 84 valence electrons. The van der Waals surface area contributed by atoms with Crippen LogP contribution in [0.3, 0.4) is 0 Å². The fourth-order valence-electron chi connectivity index (χ4n) is 1.39. The van der Waals surface area contributed by atoms with Crippen LogP contribution in [0.1, 0.15) is 5.69 Å². The van der Waals surface area contributed by atoms with Gasteiger partial charge in [-0.25, -0.2) is 0 Å². The molecule has 16 heavy (non-hydrogen) atoms. The Morgan fingerprint density at radius 3 is 2.81 bits per heavy atom. The minimum Gasteiger partial charge on any atom is -0.378 e. The third-order valence-electron chi connectivity index (χ3n) is 2.31. The van der Waals surface area contributed by atoms with Gasteiger partial charge in [0.1, 0.15) is 0 Å². The lowest BCUT2D eigenvalue weighted by Gasteiger charge is -2.08. The van der Waals surface area contributed by atoms with E-state index in [9.17, 15) is 0 Å². The summed E-state index contributed by atoms with van der Waals surface area (Å²) in [5.41, 5.74) is 1.91. The third kappa shape index (κ3) is 2.49. The highest BCUT2D eigenvalue weighted by atomic mass is 35.5. The monoisotopic (exact) mass is 255 g/mol. The average Bonchev–Trinajstić information content (AvgIpc) is 2.66. The molecule has 0 bridgehead atoms. The third-order valence-corrected chi connectivity index (χ3v) is 2.88. The predicted octanol–water partition coefficient (Wildman–Crippen LogP) is 3.34. The van der Waals surface area contributed by atoms with Crippen molar-refractivity contribution in [1.82, 2.24) is 9.78 Å². The van der Waals surface area contributed by atoms with Crippen LogP contribution in [-0.4, -0.2) is 9.78 Å². The van der Waals surface area contributed by atoms with Crippen LogP contribution >= 0.6 is 23.2 Å². The molecule has 0 aliphatic rings. The van der Waals surface area contributed by atoms with Crippen molar-refractivity contribution in [3.8, 4) is 0 Å². The molecule has 0 amide bonds. The van der Waals surface area contributed by atoms with Crippen molar-refractivity contribution in [2.75, 3.05) is 5.32 Å². The lowest BCUT2D eigenvalue weighted by atomic mass is 10.3. The number of hydrogen-bond acceptors (Lipinski definition) is 2. The number of hydrogen-bond donors (Lipinski definition) is 1. The van der Waals surface area contributed by atoms with E-state index in [-0.39, 0.29) is 0 Å². The second-order valence-corrected chi connectivity index (χ2v) is 4.27. The number of aromatic nitrogens is 2. The Kier molecular flexibility index (Phi) is 3.36. The Morgan fingerprint density at radius 1 is 1.31 bits per heavy atom. The maximum absolute atomic E-state index is 6.03. The number of nitrogens with one attached hydrogen (secondary N) is 1. The number of halogens is 2. The Hall–Kier alpha value is -1.19. The summed E-state index contributed by atoms with van der Waals surface area (Å²) in [5.74, 6) is 0. The van der Waals surface area contributed by atoms with Crippen molar-refractivity contribution in [2.24, 2.45) is 7.05 Å². The normalized spacial score (nSPS) is 10.4. The molecule has 3 nitrogen and oxygen atoms in total. The van der Waals surface area contributed by atoms with E-state index in [0.717, 1.165) is 11.4 Å². The topological polar surface area (TPSA) is 29.9 Å².